The molecule has 0 aliphatic carbocycles. The lowest BCUT2D eigenvalue weighted by Gasteiger charge is -2.32. The first-order chi connectivity index (χ1) is 10.0. The highest BCUT2D eigenvalue weighted by atomic mass is 16.7. The molecule has 4 nitrogen and oxygen atoms in total. The van der Waals surface area contributed by atoms with Gasteiger partial charge in [-0.2, -0.15) is 0 Å². The van der Waals surface area contributed by atoms with Crippen LogP contribution in [0.5, 0.6) is 0 Å². The van der Waals surface area contributed by atoms with Crippen LogP contribution in [0.25, 0.3) is 0 Å². The maximum atomic E-state index is 11.1. The molecule has 1 aromatic rings. The predicted molar refractivity (Wildman–Crippen MR) is 89.2 cm³/mol. The lowest BCUT2D eigenvalue weighted by atomic mass is 9.76. The molecule has 0 bridgehead atoms. The van der Waals surface area contributed by atoms with E-state index in [1.54, 1.807) is 0 Å². The van der Waals surface area contributed by atoms with E-state index in [-0.39, 0.29) is 24.2 Å². The van der Waals surface area contributed by atoms with Gasteiger partial charge >= 0.3 is 7.12 Å². The summed E-state index contributed by atoms with van der Waals surface area (Å²) in [6, 6.07) is 4.18. The van der Waals surface area contributed by atoms with Crippen molar-refractivity contribution >= 4 is 18.5 Å². The zero-order chi connectivity index (χ0) is 16.7. The molecule has 0 aromatic heterocycles. The van der Waals surface area contributed by atoms with Crippen molar-refractivity contribution in [2.45, 2.75) is 66.2 Å². The van der Waals surface area contributed by atoms with Gasteiger partial charge in [0.1, 0.15) is 0 Å². The summed E-state index contributed by atoms with van der Waals surface area (Å²) >= 11 is 0. The Hall–Kier alpha value is -1.33. The van der Waals surface area contributed by atoms with Gasteiger partial charge in [0.2, 0.25) is 5.91 Å². The van der Waals surface area contributed by atoms with E-state index in [1.165, 1.54) is 6.92 Å². The normalized spacial score (nSPS) is 19.3. The largest absolute Gasteiger partial charge is 0.494 e. The monoisotopic (exact) mass is 303 g/mol. The van der Waals surface area contributed by atoms with Crippen LogP contribution in [0.15, 0.2) is 12.1 Å². The number of amides is 1. The molecule has 0 radical (unpaired) electrons. The first-order valence-electron chi connectivity index (χ1n) is 7.73. The van der Waals surface area contributed by atoms with Crippen molar-refractivity contribution in [2.75, 3.05) is 0 Å². The quantitative estimate of drug-likeness (QED) is 0.871. The Morgan fingerprint density at radius 2 is 1.55 bits per heavy atom. The summed E-state index contributed by atoms with van der Waals surface area (Å²) < 4.78 is 12.2. The molecule has 1 aliphatic rings. The SMILES string of the molecule is CC(=O)NCc1c(C)cc(B2OC(C)(C)C(C)(C)O2)cc1C. The second-order valence-electron chi connectivity index (χ2n) is 7.13. The Bertz CT molecular complexity index is 557. The molecule has 1 heterocycles. The third kappa shape index (κ3) is 3.20. The van der Waals surface area contributed by atoms with E-state index in [4.69, 9.17) is 9.31 Å². The molecule has 0 unspecified atom stereocenters. The Labute approximate surface area is 133 Å². The standard InChI is InChI=1S/C17H26BNO3/c1-11-8-14(9-12(2)15(11)10-19-13(3)20)18-21-16(4,5)17(6,7)22-18/h8-9H,10H2,1-7H3,(H,19,20). The molecule has 22 heavy (non-hydrogen) atoms. The average molecular weight is 303 g/mol. The van der Waals surface area contributed by atoms with E-state index in [9.17, 15) is 4.79 Å². The molecule has 1 saturated heterocycles. The lowest BCUT2D eigenvalue weighted by molar-refractivity contribution is -0.119. The van der Waals surface area contributed by atoms with E-state index in [0.717, 1.165) is 22.2 Å². The van der Waals surface area contributed by atoms with Crippen molar-refractivity contribution in [2.24, 2.45) is 0 Å². The zero-order valence-corrected chi connectivity index (χ0v) is 14.7. The van der Waals surface area contributed by atoms with Gasteiger partial charge in [0.15, 0.2) is 0 Å². The van der Waals surface area contributed by atoms with E-state index < -0.39 is 0 Å². The van der Waals surface area contributed by atoms with E-state index >= 15 is 0 Å². The van der Waals surface area contributed by atoms with Crippen LogP contribution in [0.2, 0.25) is 0 Å². The lowest BCUT2D eigenvalue weighted by Crippen LogP contribution is -2.41. The summed E-state index contributed by atoms with van der Waals surface area (Å²) in [5.74, 6) is -0.0196. The molecule has 1 amide bonds. The number of rotatable bonds is 3. The maximum absolute atomic E-state index is 11.1. The summed E-state index contributed by atoms with van der Waals surface area (Å²) in [7, 11) is -0.350. The Morgan fingerprint density at radius 1 is 1.09 bits per heavy atom. The van der Waals surface area contributed by atoms with Crippen LogP contribution in [-0.2, 0) is 20.6 Å². The number of carbonyl (C=O) groups excluding carboxylic acids is 1. The molecule has 0 atom stereocenters. The van der Waals surface area contributed by atoms with Gasteiger partial charge in [-0.05, 0) is 63.7 Å². The molecule has 1 aromatic carbocycles. The van der Waals surface area contributed by atoms with Crippen LogP contribution in [0.1, 0.15) is 51.3 Å². The summed E-state index contributed by atoms with van der Waals surface area (Å²) in [6.45, 7) is 14.4. The highest BCUT2D eigenvalue weighted by Crippen LogP contribution is 2.36. The fraction of sp³-hybridized carbons (Fsp3) is 0.588. The molecule has 0 spiro atoms. The van der Waals surface area contributed by atoms with Crippen LogP contribution >= 0.6 is 0 Å². The Morgan fingerprint density at radius 3 is 1.95 bits per heavy atom. The van der Waals surface area contributed by atoms with E-state index in [1.807, 2.05) is 0 Å². The highest BCUT2D eigenvalue weighted by Gasteiger charge is 2.51. The van der Waals surface area contributed by atoms with Crippen LogP contribution in [0, 0.1) is 13.8 Å². The van der Waals surface area contributed by atoms with Gasteiger partial charge in [-0.1, -0.05) is 12.1 Å². The first-order valence-corrected chi connectivity index (χ1v) is 7.73. The number of hydrogen-bond acceptors (Lipinski definition) is 3. The summed E-state index contributed by atoms with van der Waals surface area (Å²) in [5, 5.41) is 2.86. The molecule has 0 saturated carbocycles. The second kappa shape index (κ2) is 5.71. The average Bonchev–Trinajstić information content (AvgIpc) is 2.57. The maximum Gasteiger partial charge on any atom is 0.494 e. The third-order valence-corrected chi connectivity index (χ3v) is 4.76. The zero-order valence-electron chi connectivity index (χ0n) is 14.7. The fourth-order valence-electron chi connectivity index (χ4n) is 2.63. The highest BCUT2D eigenvalue weighted by molar-refractivity contribution is 6.62. The van der Waals surface area contributed by atoms with Gasteiger partial charge in [-0.3, -0.25) is 4.79 Å². The Balaban J connectivity index is 2.26. The fourth-order valence-corrected chi connectivity index (χ4v) is 2.63. The topological polar surface area (TPSA) is 47.6 Å². The molecule has 2 rings (SSSR count). The minimum atomic E-state index is -0.350. The minimum Gasteiger partial charge on any atom is -0.399 e. The number of nitrogens with one attached hydrogen (secondary N) is 1. The number of aryl methyl sites for hydroxylation is 2. The number of carbonyl (C=O) groups is 1. The van der Waals surface area contributed by atoms with Gasteiger partial charge in [0.05, 0.1) is 11.2 Å². The predicted octanol–water partition coefficient (Wildman–Crippen LogP) is 2.24. The first kappa shape index (κ1) is 17.0. The van der Waals surface area contributed by atoms with Crippen LogP contribution < -0.4 is 10.8 Å². The van der Waals surface area contributed by atoms with E-state index in [0.29, 0.717) is 6.54 Å². The van der Waals surface area contributed by atoms with Crippen molar-refractivity contribution in [3.63, 3.8) is 0 Å². The van der Waals surface area contributed by atoms with Crippen molar-refractivity contribution in [1.29, 1.82) is 0 Å². The number of benzene rings is 1. The van der Waals surface area contributed by atoms with Gasteiger partial charge in [0, 0.05) is 13.5 Å². The Kier molecular flexibility index (Phi) is 4.42. The van der Waals surface area contributed by atoms with E-state index in [2.05, 4.69) is 59.0 Å². The van der Waals surface area contributed by atoms with Gasteiger partial charge < -0.3 is 14.6 Å². The van der Waals surface area contributed by atoms with Crippen molar-refractivity contribution in [3.05, 3.63) is 28.8 Å². The van der Waals surface area contributed by atoms with Gasteiger partial charge in [-0.15, -0.1) is 0 Å². The third-order valence-electron chi connectivity index (χ3n) is 4.76. The number of hydrogen-bond donors (Lipinski definition) is 1. The van der Waals surface area contributed by atoms with Crippen molar-refractivity contribution in [1.82, 2.24) is 5.32 Å². The molecule has 120 valence electrons. The molecular formula is C17H26BNO3. The smallest absolute Gasteiger partial charge is 0.399 e. The summed E-state index contributed by atoms with van der Waals surface area (Å²) in [6.07, 6.45) is 0. The molecule has 1 N–H and O–H groups in total. The molecular weight excluding hydrogens is 277 g/mol. The summed E-state index contributed by atoms with van der Waals surface area (Å²) in [4.78, 5) is 11.1. The van der Waals surface area contributed by atoms with Gasteiger partial charge in [-0.25, -0.2) is 0 Å². The minimum absolute atomic E-state index is 0.0196. The van der Waals surface area contributed by atoms with Crippen molar-refractivity contribution < 1.29 is 14.1 Å². The van der Waals surface area contributed by atoms with Crippen LogP contribution in [-0.4, -0.2) is 24.2 Å². The van der Waals surface area contributed by atoms with Crippen LogP contribution in [0.4, 0.5) is 0 Å². The summed E-state index contributed by atoms with van der Waals surface area (Å²) in [5.41, 5.74) is 3.77. The van der Waals surface area contributed by atoms with Gasteiger partial charge in [0.25, 0.3) is 0 Å². The molecule has 1 aliphatic heterocycles. The molecule has 5 heteroatoms. The van der Waals surface area contributed by atoms with Crippen molar-refractivity contribution in [3.8, 4) is 0 Å². The molecule has 1 fully saturated rings. The second-order valence-corrected chi connectivity index (χ2v) is 7.13. The van der Waals surface area contributed by atoms with Crippen LogP contribution in [0.3, 0.4) is 0 Å².